The van der Waals surface area contributed by atoms with Crippen molar-refractivity contribution < 1.29 is 27.9 Å². The minimum absolute atomic E-state index is 0.0822. The van der Waals surface area contributed by atoms with Crippen LogP contribution in [0.25, 0.3) is 33.5 Å². The Morgan fingerprint density at radius 1 is 0.914 bits per heavy atom. The Hall–Kier alpha value is -4.66. The average Bonchev–Trinajstić information content (AvgIpc) is 3.30. The number of para-hydroxylation sites is 2. The number of hydrogen-bond donors (Lipinski definition) is 0. The van der Waals surface area contributed by atoms with E-state index < -0.39 is 17.6 Å². The average molecular weight is 474 g/mol. The van der Waals surface area contributed by atoms with Crippen molar-refractivity contribution in [1.29, 1.82) is 0 Å². The van der Waals surface area contributed by atoms with Crippen molar-refractivity contribution >= 4 is 39.7 Å². The highest BCUT2D eigenvalue weighted by Crippen LogP contribution is 2.27. The number of oxazole rings is 1. The molecule has 0 aliphatic rings. The molecule has 0 saturated carbocycles. The predicted molar refractivity (Wildman–Crippen MR) is 130 cm³/mol. The van der Waals surface area contributed by atoms with Crippen LogP contribution in [0.3, 0.4) is 0 Å². The van der Waals surface area contributed by atoms with Crippen LogP contribution in [0.15, 0.2) is 87.5 Å². The molecule has 2 aromatic heterocycles. The zero-order valence-corrected chi connectivity index (χ0v) is 18.8. The molecule has 178 valence electrons. The maximum atomic E-state index is 12.7. The van der Waals surface area contributed by atoms with Gasteiger partial charge in [-0.1, -0.05) is 25.3 Å². The van der Waals surface area contributed by atoms with Crippen molar-refractivity contribution in [2.75, 3.05) is 31.2 Å². The van der Waals surface area contributed by atoms with Crippen LogP contribution in [-0.4, -0.2) is 43.2 Å². The molecule has 9 nitrogen and oxygen atoms in total. The van der Waals surface area contributed by atoms with Crippen LogP contribution in [-0.2, 0) is 19.1 Å². The molecule has 0 aliphatic heterocycles. The number of esters is 2. The van der Waals surface area contributed by atoms with Gasteiger partial charge in [-0.2, -0.15) is 0 Å². The first-order valence-electron chi connectivity index (χ1n) is 10.8. The molecule has 0 amide bonds. The molecule has 0 radical (unpaired) electrons. The van der Waals surface area contributed by atoms with Gasteiger partial charge in [-0.15, -0.1) is 0 Å². The van der Waals surface area contributed by atoms with E-state index in [2.05, 4.69) is 18.1 Å². The number of nitrogens with zero attached hydrogens (tertiary/aromatic N) is 2. The zero-order valence-electron chi connectivity index (χ0n) is 18.8. The lowest BCUT2D eigenvalue weighted by molar-refractivity contribution is -0.137. The number of fused-ring (bicyclic) bond motifs is 2. The zero-order chi connectivity index (χ0) is 24.8. The minimum atomic E-state index is -0.590. The first-order chi connectivity index (χ1) is 17.0. The molecule has 0 spiro atoms. The van der Waals surface area contributed by atoms with Crippen molar-refractivity contribution in [3.63, 3.8) is 0 Å². The number of carbonyl (C=O) groups is 2. The number of anilines is 1. The Morgan fingerprint density at radius 3 is 2.26 bits per heavy atom. The number of rotatable bonds is 10. The van der Waals surface area contributed by atoms with Gasteiger partial charge in [-0.05, 0) is 30.3 Å². The molecule has 0 N–H and O–H groups in total. The summed E-state index contributed by atoms with van der Waals surface area (Å²) < 4.78 is 21.4. The van der Waals surface area contributed by atoms with Crippen LogP contribution in [0.2, 0.25) is 0 Å². The third-order valence-corrected chi connectivity index (χ3v) is 5.15. The van der Waals surface area contributed by atoms with Gasteiger partial charge in [-0.25, -0.2) is 19.4 Å². The second-order valence-electron chi connectivity index (χ2n) is 7.39. The normalized spacial score (nSPS) is 10.7. The third kappa shape index (κ3) is 5.47. The summed E-state index contributed by atoms with van der Waals surface area (Å²) in [6, 6.07) is 14.2. The molecule has 0 aliphatic carbocycles. The fraction of sp³-hybridized carbons (Fsp3) is 0.154. The molecule has 2 aromatic carbocycles. The van der Waals surface area contributed by atoms with Gasteiger partial charge in [0, 0.05) is 29.3 Å². The molecule has 0 saturated heterocycles. The molecule has 9 heteroatoms. The van der Waals surface area contributed by atoms with E-state index in [0.29, 0.717) is 40.8 Å². The number of carbonyl (C=O) groups excluding carboxylic acids is 2. The summed E-state index contributed by atoms with van der Waals surface area (Å²) in [5.74, 6) is -0.904. The van der Waals surface area contributed by atoms with E-state index in [1.165, 1.54) is 0 Å². The summed E-state index contributed by atoms with van der Waals surface area (Å²) in [5.41, 5.74) is 1.87. The molecule has 0 fully saturated rings. The van der Waals surface area contributed by atoms with Crippen molar-refractivity contribution in [1.82, 2.24) is 4.98 Å². The first kappa shape index (κ1) is 23.5. The number of hydrogen-bond acceptors (Lipinski definition) is 9. The highest BCUT2D eigenvalue weighted by Gasteiger charge is 2.16. The lowest BCUT2D eigenvalue weighted by Crippen LogP contribution is -2.32. The minimum Gasteiger partial charge on any atom is -0.461 e. The SMILES string of the molecule is C=CC(=O)OCCN(CCOC(=O)C=C)c1ccc2cc(-c3nc4ccccc4o3)c(=O)oc2c1. The molecule has 4 aromatic rings. The van der Waals surface area contributed by atoms with Gasteiger partial charge in [0.05, 0.1) is 13.1 Å². The largest absolute Gasteiger partial charge is 0.461 e. The van der Waals surface area contributed by atoms with Gasteiger partial charge >= 0.3 is 17.6 Å². The summed E-state index contributed by atoms with van der Waals surface area (Å²) in [5, 5.41) is 0.668. The van der Waals surface area contributed by atoms with E-state index in [4.69, 9.17) is 18.3 Å². The Balaban J connectivity index is 1.61. The van der Waals surface area contributed by atoms with E-state index >= 15 is 0 Å². The maximum Gasteiger partial charge on any atom is 0.349 e. The number of aromatic nitrogens is 1. The standard InChI is InChI=1S/C26H22N2O7/c1-3-23(29)32-13-11-28(12-14-33-24(30)4-2)18-10-9-17-15-19(26(31)35-22(17)16-18)25-27-20-7-5-6-8-21(20)34-25/h3-10,15-16H,1-2,11-14H2. The van der Waals surface area contributed by atoms with Crippen molar-refractivity contribution in [2.24, 2.45) is 0 Å². The number of ether oxygens (including phenoxy) is 2. The lowest BCUT2D eigenvalue weighted by atomic mass is 10.1. The second kappa shape index (κ2) is 10.5. The Bertz CT molecular complexity index is 1410. The molecule has 0 atom stereocenters. The van der Waals surface area contributed by atoms with E-state index in [9.17, 15) is 14.4 Å². The van der Waals surface area contributed by atoms with Gasteiger partial charge in [0.25, 0.3) is 0 Å². The molecule has 0 unspecified atom stereocenters. The molecular formula is C26H22N2O7. The van der Waals surface area contributed by atoms with Gasteiger partial charge in [0.1, 0.15) is 29.9 Å². The first-order valence-corrected chi connectivity index (χ1v) is 10.8. The van der Waals surface area contributed by atoms with Gasteiger partial charge in [-0.3, -0.25) is 0 Å². The van der Waals surface area contributed by atoms with Gasteiger partial charge in [0.15, 0.2) is 5.58 Å². The van der Waals surface area contributed by atoms with Crippen LogP contribution < -0.4 is 10.5 Å². The third-order valence-electron chi connectivity index (χ3n) is 5.15. The number of benzene rings is 2. The van der Waals surface area contributed by atoms with Crippen molar-refractivity contribution in [2.45, 2.75) is 0 Å². The van der Waals surface area contributed by atoms with Crippen LogP contribution in [0, 0.1) is 0 Å². The summed E-state index contributed by atoms with van der Waals surface area (Å²) in [6.45, 7) is 7.52. The second-order valence-corrected chi connectivity index (χ2v) is 7.39. The molecular weight excluding hydrogens is 452 g/mol. The highest BCUT2D eigenvalue weighted by molar-refractivity contribution is 5.85. The highest BCUT2D eigenvalue weighted by atomic mass is 16.5. The molecule has 2 heterocycles. The topological polar surface area (TPSA) is 112 Å². The lowest BCUT2D eigenvalue weighted by Gasteiger charge is -2.24. The van der Waals surface area contributed by atoms with E-state index in [0.717, 1.165) is 12.2 Å². The monoisotopic (exact) mass is 474 g/mol. The summed E-state index contributed by atoms with van der Waals surface area (Å²) in [6.07, 6.45) is 2.16. The van der Waals surface area contributed by atoms with Crippen molar-refractivity contribution in [3.8, 4) is 11.5 Å². The smallest absolute Gasteiger partial charge is 0.349 e. The van der Waals surface area contributed by atoms with Gasteiger partial charge < -0.3 is 23.2 Å². The summed E-state index contributed by atoms with van der Waals surface area (Å²) >= 11 is 0. The summed E-state index contributed by atoms with van der Waals surface area (Å²) in [7, 11) is 0. The molecule has 4 rings (SSSR count). The molecule has 35 heavy (non-hydrogen) atoms. The van der Waals surface area contributed by atoms with E-state index in [1.807, 2.05) is 23.1 Å². The Morgan fingerprint density at radius 2 is 1.60 bits per heavy atom. The van der Waals surface area contributed by atoms with Crippen molar-refractivity contribution in [3.05, 3.63) is 84.3 Å². The van der Waals surface area contributed by atoms with Crippen LogP contribution in [0.1, 0.15) is 0 Å². The van der Waals surface area contributed by atoms with Crippen LogP contribution >= 0.6 is 0 Å². The fourth-order valence-electron chi connectivity index (χ4n) is 3.43. The fourth-order valence-corrected chi connectivity index (χ4v) is 3.43. The molecule has 0 bridgehead atoms. The summed E-state index contributed by atoms with van der Waals surface area (Å²) in [4.78, 5) is 41.7. The van der Waals surface area contributed by atoms with E-state index in [1.54, 1.807) is 30.3 Å². The predicted octanol–water partition coefficient (Wildman–Crippen LogP) is 3.87. The van der Waals surface area contributed by atoms with Gasteiger partial charge in [0.2, 0.25) is 5.89 Å². The quantitative estimate of drug-likeness (QED) is 0.192. The van der Waals surface area contributed by atoms with Crippen LogP contribution in [0.5, 0.6) is 0 Å². The Kier molecular flexibility index (Phi) is 7.06. The van der Waals surface area contributed by atoms with Crippen LogP contribution in [0.4, 0.5) is 5.69 Å². The van der Waals surface area contributed by atoms with E-state index in [-0.39, 0.29) is 24.7 Å². The maximum absolute atomic E-state index is 12.7. The Labute approximate surface area is 199 Å².